The Balaban J connectivity index is 1.68. The summed E-state index contributed by atoms with van der Waals surface area (Å²) in [6.45, 7) is 0. The molecule has 2 aliphatic heterocycles. The van der Waals surface area contributed by atoms with Crippen molar-refractivity contribution < 1.29 is 89.2 Å². The smallest absolute Gasteiger partial charge is 0.187 e. The lowest BCUT2D eigenvalue weighted by molar-refractivity contribution is 0.407. The molecule has 24 heteroatoms. The first-order valence-electron chi connectivity index (χ1n) is 20.0. The Morgan fingerprint density at radius 1 is 0.278 bits per heavy atom. The number of ether oxygens (including phenoxy) is 4. The van der Waals surface area contributed by atoms with Gasteiger partial charge in [-0.15, -0.1) is 0 Å². The summed E-state index contributed by atoms with van der Waals surface area (Å²) in [6, 6.07) is 2.96. The predicted molar refractivity (Wildman–Crippen MR) is 227 cm³/mol. The van der Waals surface area contributed by atoms with E-state index in [0.29, 0.717) is 48.5 Å². The Labute approximate surface area is 391 Å². The van der Waals surface area contributed by atoms with Crippen LogP contribution in [-0.4, -0.2) is 48.4 Å². The minimum atomic E-state index is -2.46. The molecule has 4 aromatic carbocycles. The third-order valence-corrected chi connectivity index (χ3v) is 11.4. The monoisotopic (exact) mass is 1020 g/mol. The van der Waals surface area contributed by atoms with Crippen LogP contribution in [0, 0.1) is 69.8 Å². The van der Waals surface area contributed by atoms with Crippen LogP contribution in [0.5, 0.6) is 23.0 Å². The van der Waals surface area contributed by atoms with Crippen molar-refractivity contribution in [2.75, 3.05) is 28.4 Å². The molecule has 0 fully saturated rings. The van der Waals surface area contributed by atoms with Crippen LogP contribution >= 0.6 is 0 Å². The number of methoxy groups -OCH3 is 4. The molecule has 0 atom stereocenters. The molecule has 8 bridgehead atoms. The van der Waals surface area contributed by atoms with Gasteiger partial charge in [0.2, 0.25) is 0 Å². The van der Waals surface area contributed by atoms with Gasteiger partial charge in [0.25, 0.3) is 0 Å². The topological polar surface area (TPSA) is 94.3 Å². The van der Waals surface area contributed by atoms with Gasteiger partial charge in [-0.2, -0.15) is 0 Å². The van der Waals surface area contributed by atoms with Gasteiger partial charge in [0.05, 0.1) is 72.8 Å². The number of halogens is 16. The molecule has 0 unspecified atom stereocenters. The quantitative estimate of drug-likeness (QED) is 0.147. The first-order valence-corrected chi connectivity index (χ1v) is 20.0. The first-order chi connectivity index (χ1) is 34.2. The van der Waals surface area contributed by atoms with Crippen LogP contribution in [0.3, 0.4) is 0 Å². The van der Waals surface area contributed by atoms with Crippen molar-refractivity contribution >= 4 is 45.4 Å². The molecule has 370 valence electrons. The molecule has 2 aliphatic rings. The molecule has 7 aromatic rings. The fourth-order valence-electron chi connectivity index (χ4n) is 8.17. The minimum Gasteiger partial charge on any atom is -0.497 e. The van der Waals surface area contributed by atoms with Crippen molar-refractivity contribution in [3.05, 3.63) is 141 Å². The Kier molecular flexibility index (Phi) is 12.0. The molecule has 0 radical (unpaired) electrons. The van der Waals surface area contributed by atoms with E-state index in [4.69, 9.17) is 18.9 Å². The second kappa shape index (κ2) is 17.8. The van der Waals surface area contributed by atoms with Gasteiger partial charge in [0, 0.05) is 70.8 Å². The summed E-state index contributed by atoms with van der Waals surface area (Å²) in [5.41, 5.74) is -27.9. The number of fused-ring (bicyclic) bond motifs is 8. The lowest BCUT2D eigenvalue weighted by Crippen LogP contribution is -1.99. The summed E-state index contributed by atoms with van der Waals surface area (Å²) < 4.78 is 285. The molecule has 9 rings (SSSR count). The highest BCUT2D eigenvalue weighted by atomic mass is 19.2. The lowest BCUT2D eigenvalue weighted by Gasteiger charge is -2.11. The highest BCUT2D eigenvalue weighted by Crippen LogP contribution is 2.50. The third kappa shape index (κ3) is 7.33. The SMILES string of the molecule is COc1cc(F)c(-c2c3nc(c(-c4c(F)cc(OC)cc4F)c4[nH]c(c(F)c4F)c(-c4c(F)cc(OC)cc4F)c4nc(c(-c5c(F)cc(OC)cc5F)c5[nH]c2c(F)c5F)C(F)=C4F)C(F)=C3F)c(F)c1. The highest BCUT2D eigenvalue weighted by molar-refractivity contribution is 6.05. The van der Waals surface area contributed by atoms with E-state index >= 15 is 70.2 Å². The molecule has 5 heterocycles. The fraction of sp³-hybridized carbons (Fsp3) is 0.0833. The van der Waals surface area contributed by atoms with E-state index in [1.807, 2.05) is 9.97 Å². The maximum absolute atomic E-state index is 16.9. The van der Waals surface area contributed by atoms with Gasteiger partial charge in [-0.25, -0.2) is 80.2 Å². The zero-order chi connectivity index (χ0) is 52.1. The van der Waals surface area contributed by atoms with Gasteiger partial charge in [0.1, 0.15) is 92.3 Å². The van der Waals surface area contributed by atoms with Gasteiger partial charge < -0.3 is 28.9 Å². The van der Waals surface area contributed by atoms with Crippen LogP contribution in [0.1, 0.15) is 22.8 Å². The Morgan fingerprint density at radius 3 is 0.597 bits per heavy atom. The molecule has 0 spiro atoms. The van der Waals surface area contributed by atoms with Crippen molar-refractivity contribution in [1.82, 2.24) is 19.9 Å². The Hall–Kier alpha value is -8.44. The van der Waals surface area contributed by atoms with Crippen molar-refractivity contribution in [3.63, 3.8) is 0 Å². The zero-order valence-electron chi connectivity index (χ0n) is 36.2. The van der Waals surface area contributed by atoms with Crippen molar-refractivity contribution in [1.29, 1.82) is 0 Å². The number of benzene rings is 4. The molecular weight excluding hydrogens is 1000 g/mol. The molecule has 72 heavy (non-hydrogen) atoms. The van der Waals surface area contributed by atoms with Gasteiger partial charge in [-0.05, 0) is 0 Å². The van der Waals surface area contributed by atoms with Crippen molar-refractivity contribution in [2.45, 2.75) is 0 Å². The summed E-state index contributed by atoms with van der Waals surface area (Å²) in [5, 5.41) is 0. The number of rotatable bonds is 8. The van der Waals surface area contributed by atoms with E-state index in [9.17, 15) is 0 Å². The lowest BCUT2D eigenvalue weighted by atomic mass is 10.0. The van der Waals surface area contributed by atoms with Crippen LogP contribution in [0.15, 0.2) is 48.5 Å². The third-order valence-electron chi connectivity index (χ3n) is 11.4. The Bertz CT molecular complexity index is 3220. The second-order valence-electron chi connectivity index (χ2n) is 15.2. The molecule has 0 saturated carbocycles. The van der Waals surface area contributed by atoms with Gasteiger partial charge in [-0.3, -0.25) is 0 Å². The number of nitrogens with zero attached hydrogens (tertiary/aromatic N) is 2. The highest BCUT2D eigenvalue weighted by Gasteiger charge is 2.38. The molecule has 0 amide bonds. The molecule has 0 saturated heterocycles. The average Bonchev–Trinajstić information content (AvgIpc) is 4.00. The van der Waals surface area contributed by atoms with Crippen LogP contribution in [0.4, 0.5) is 70.2 Å². The maximum Gasteiger partial charge on any atom is 0.187 e. The van der Waals surface area contributed by atoms with Crippen LogP contribution < -0.4 is 18.9 Å². The van der Waals surface area contributed by atoms with E-state index in [2.05, 4.69) is 9.97 Å². The van der Waals surface area contributed by atoms with Crippen LogP contribution in [0.25, 0.3) is 89.9 Å². The molecule has 8 nitrogen and oxygen atoms in total. The average molecular weight is 1020 g/mol. The van der Waals surface area contributed by atoms with Gasteiger partial charge >= 0.3 is 0 Å². The van der Waals surface area contributed by atoms with E-state index in [-0.39, 0.29) is 0 Å². The molecular formula is C48H22F16N4O4. The van der Waals surface area contributed by atoms with Crippen LogP contribution in [0.2, 0.25) is 0 Å². The number of nitrogens with one attached hydrogen (secondary N) is 2. The zero-order valence-corrected chi connectivity index (χ0v) is 36.2. The van der Waals surface area contributed by atoms with E-state index in [0.717, 1.165) is 28.4 Å². The summed E-state index contributed by atoms with van der Waals surface area (Å²) in [4.78, 5) is 10.9. The van der Waals surface area contributed by atoms with Crippen molar-refractivity contribution in [3.8, 4) is 67.5 Å². The fourth-order valence-corrected chi connectivity index (χ4v) is 8.17. The van der Waals surface area contributed by atoms with E-state index in [1.54, 1.807) is 0 Å². The summed E-state index contributed by atoms with van der Waals surface area (Å²) in [6.07, 6.45) is 0. The molecule has 2 N–H and O–H groups in total. The number of aromatic amines is 2. The van der Waals surface area contributed by atoms with Crippen LogP contribution in [-0.2, 0) is 0 Å². The number of hydrogen-bond acceptors (Lipinski definition) is 6. The van der Waals surface area contributed by atoms with Gasteiger partial charge in [-0.1, -0.05) is 0 Å². The minimum absolute atomic E-state index is 0.370. The first kappa shape index (κ1) is 48.6. The van der Waals surface area contributed by atoms with E-state index < -0.39 is 205 Å². The normalized spacial score (nSPS) is 12.6. The number of hydrogen-bond donors (Lipinski definition) is 2. The maximum atomic E-state index is 16.9. The molecule has 3 aromatic heterocycles. The Morgan fingerprint density at radius 2 is 0.444 bits per heavy atom. The van der Waals surface area contributed by atoms with Crippen molar-refractivity contribution in [2.24, 2.45) is 0 Å². The van der Waals surface area contributed by atoms with E-state index in [1.165, 1.54) is 0 Å². The predicted octanol–water partition coefficient (Wildman–Crippen LogP) is 14.2. The number of H-pyrrole nitrogens is 2. The summed E-state index contributed by atoms with van der Waals surface area (Å²) >= 11 is 0. The standard InChI is InChI=1S/C48H22F16N4O4/c1-69-13-5-17(49)25(18(50)6-13)29-41-33(57)35(59)43(65-41)30(26-19(51)7-14(70-2)8-20(26)52)45-37(61)39(63)47(67-45)32(28-23(55)11-16(72-4)12-24(28)56)48-40(64)38(62)46(68-48)31(44-36(60)34(58)42(29)66-44)27-21(53)9-15(71-3)10-22(27)54/h5-12,65,68H,1-4H3. The largest absolute Gasteiger partial charge is 0.497 e. The second-order valence-corrected chi connectivity index (χ2v) is 15.2. The van der Waals surface area contributed by atoms with Gasteiger partial charge in [0.15, 0.2) is 46.6 Å². The number of aromatic nitrogens is 4. The summed E-state index contributed by atoms with van der Waals surface area (Å²) in [7, 11) is 3.64. The molecule has 0 aliphatic carbocycles. The summed E-state index contributed by atoms with van der Waals surface area (Å²) in [5.74, 6) is -37.1.